The van der Waals surface area contributed by atoms with E-state index >= 15 is 0 Å². The number of nitrogens with two attached hydrogens (primary N) is 1. The number of primary amides is 1. The third-order valence-corrected chi connectivity index (χ3v) is 4.73. The molecule has 2 atom stereocenters. The molecule has 4 nitrogen and oxygen atoms in total. The van der Waals surface area contributed by atoms with Crippen LogP contribution in [0.2, 0.25) is 0 Å². The summed E-state index contributed by atoms with van der Waals surface area (Å²) in [5.41, 5.74) is 6.30. The number of carbonyl (C=O) groups is 1. The van der Waals surface area contributed by atoms with Gasteiger partial charge in [0.05, 0.1) is 0 Å². The molecule has 0 saturated heterocycles. The molecule has 0 bridgehead atoms. The second-order valence-corrected chi connectivity index (χ2v) is 5.84. The predicted molar refractivity (Wildman–Crippen MR) is 71.0 cm³/mol. The molecule has 2 unspecified atom stereocenters. The van der Waals surface area contributed by atoms with Crippen LogP contribution in [0.1, 0.15) is 18.4 Å². The van der Waals surface area contributed by atoms with Crippen molar-refractivity contribution >= 4 is 17.9 Å². The summed E-state index contributed by atoms with van der Waals surface area (Å²) in [6.45, 7) is 0. The zero-order valence-electron chi connectivity index (χ0n) is 9.95. The minimum absolute atomic E-state index is 0.298. The number of hydrogen-bond acceptors (Lipinski definition) is 4. The fourth-order valence-electron chi connectivity index (χ4n) is 2.66. The van der Waals surface area contributed by atoms with Gasteiger partial charge in [-0.15, -0.1) is 4.52 Å². The van der Waals surface area contributed by atoms with Crippen LogP contribution in [0.15, 0.2) is 40.0 Å². The molecule has 94 valence electrons. The highest BCUT2D eigenvalue weighted by Crippen LogP contribution is 2.52. The molecule has 3 rings (SSSR count). The van der Waals surface area contributed by atoms with Crippen LogP contribution in [-0.2, 0) is 11.2 Å². The van der Waals surface area contributed by atoms with Crippen LogP contribution in [0.3, 0.4) is 0 Å². The molecule has 1 aromatic rings. The minimum Gasteiger partial charge on any atom is -0.369 e. The van der Waals surface area contributed by atoms with E-state index < -0.39 is 5.54 Å². The van der Waals surface area contributed by atoms with Crippen LogP contribution >= 0.6 is 11.9 Å². The van der Waals surface area contributed by atoms with E-state index in [1.165, 1.54) is 17.5 Å². The molecule has 1 aromatic carbocycles. The lowest BCUT2D eigenvalue weighted by molar-refractivity contribution is -0.118. The molecule has 1 heterocycles. The molecule has 2 N–H and O–H groups in total. The third-order valence-electron chi connectivity index (χ3n) is 3.71. The molecule has 0 spiro atoms. The van der Waals surface area contributed by atoms with Crippen molar-refractivity contribution in [2.24, 2.45) is 21.3 Å². The zero-order valence-corrected chi connectivity index (χ0v) is 10.8. The maximum atomic E-state index is 11.6. The Labute approximate surface area is 110 Å². The first kappa shape index (κ1) is 11.7. The Morgan fingerprint density at radius 3 is 2.72 bits per heavy atom. The van der Waals surface area contributed by atoms with Crippen molar-refractivity contribution in [1.29, 1.82) is 0 Å². The van der Waals surface area contributed by atoms with E-state index in [9.17, 15) is 4.79 Å². The number of amides is 1. The quantitative estimate of drug-likeness (QED) is 0.845. The standard InChI is InChI=1S/C13H15N3OS/c14-12(17)11-13(10-6-7-10,15-16-18-11)8-9-4-2-1-3-5-9/h1-5,10-11H,6-8H2,(H2,14,17). The van der Waals surface area contributed by atoms with E-state index in [-0.39, 0.29) is 11.2 Å². The number of carbonyl (C=O) groups excluding carboxylic acids is 1. The lowest BCUT2D eigenvalue weighted by atomic mass is 9.83. The topological polar surface area (TPSA) is 67.8 Å². The molecule has 1 fully saturated rings. The maximum absolute atomic E-state index is 11.6. The molecular weight excluding hydrogens is 246 g/mol. The number of rotatable bonds is 4. The monoisotopic (exact) mass is 261 g/mol. The number of benzene rings is 1. The first-order chi connectivity index (χ1) is 8.72. The van der Waals surface area contributed by atoms with Gasteiger partial charge in [-0.3, -0.25) is 4.79 Å². The summed E-state index contributed by atoms with van der Waals surface area (Å²) in [6.07, 6.45) is 3.00. The summed E-state index contributed by atoms with van der Waals surface area (Å²) in [7, 11) is 0. The fourth-order valence-corrected chi connectivity index (χ4v) is 3.57. The predicted octanol–water partition coefficient (Wildman–Crippen LogP) is 2.35. The first-order valence-electron chi connectivity index (χ1n) is 6.13. The smallest absolute Gasteiger partial charge is 0.235 e. The normalized spacial score (nSPS) is 30.6. The van der Waals surface area contributed by atoms with E-state index in [1.807, 2.05) is 18.2 Å². The Hall–Kier alpha value is -1.36. The maximum Gasteiger partial charge on any atom is 0.235 e. The molecule has 1 aliphatic heterocycles. The summed E-state index contributed by atoms with van der Waals surface area (Å²) in [5.74, 6) is 0.154. The van der Waals surface area contributed by atoms with Gasteiger partial charge in [0.1, 0.15) is 10.8 Å². The van der Waals surface area contributed by atoms with Crippen LogP contribution in [0.5, 0.6) is 0 Å². The van der Waals surface area contributed by atoms with Gasteiger partial charge in [0.2, 0.25) is 5.91 Å². The highest BCUT2D eigenvalue weighted by molar-refractivity contribution is 7.99. The van der Waals surface area contributed by atoms with Gasteiger partial charge in [-0.2, -0.15) is 5.11 Å². The van der Waals surface area contributed by atoms with E-state index in [4.69, 9.17) is 5.73 Å². The summed E-state index contributed by atoms with van der Waals surface area (Å²) < 4.78 is 4.04. The summed E-state index contributed by atoms with van der Waals surface area (Å²) in [4.78, 5) is 11.6. The van der Waals surface area contributed by atoms with Gasteiger partial charge in [-0.1, -0.05) is 30.3 Å². The molecule has 1 saturated carbocycles. The first-order valence-corrected chi connectivity index (χ1v) is 6.97. The highest BCUT2D eigenvalue weighted by atomic mass is 32.2. The largest absolute Gasteiger partial charge is 0.369 e. The highest BCUT2D eigenvalue weighted by Gasteiger charge is 2.56. The van der Waals surface area contributed by atoms with Crippen molar-refractivity contribution in [1.82, 2.24) is 0 Å². The van der Waals surface area contributed by atoms with Crippen molar-refractivity contribution in [3.8, 4) is 0 Å². The summed E-state index contributed by atoms with van der Waals surface area (Å²) in [6, 6.07) is 10.1. The Kier molecular flexibility index (Phi) is 2.86. The number of hydrogen-bond donors (Lipinski definition) is 1. The molecule has 18 heavy (non-hydrogen) atoms. The van der Waals surface area contributed by atoms with E-state index in [0.29, 0.717) is 5.92 Å². The van der Waals surface area contributed by atoms with Gasteiger partial charge < -0.3 is 5.73 Å². The van der Waals surface area contributed by atoms with Gasteiger partial charge in [0.25, 0.3) is 0 Å². The van der Waals surface area contributed by atoms with Crippen molar-refractivity contribution < 1.29 is 4.79 Å². The van der Waals surface area contributed by atoms with Crippen molar-refractivity contribution in [2.45, 2.75) is 30.1 Å². The Morgan fingerprint density at radius 2 is 2.11 bits per heavy atom. The van der Waals surface area contributed by atoms with Gasteiger partial charge in [0, 0.05) is 18.4 Å². The Balaban J connectivity index is 1.92. The molecule has 1 aliphatic carbocycles. The number of nitrogens with zero attached hydrogens (tertiary/aromatic N) is 2. The second kappa shape index (κ2) is 4.39. The van der Waals surface area contributed by atoms with E-state index in [1.54, 1.807) is 0 Å². The minimum atomic E-state index is -0.405. The van der Waals surface area contributed by atoms with E-state index in [2.05, 4.69) is 21.8 Å². The van der Waals surface area contributed by atoms with Gasteiger partial charge in [0.15, 0.2) is 0 Å². The van der Waals surface area contributed by atoms with E-state index in [0.717, 1.165) is 19.3 Å². The summed E-state index contributed by atoms with van der Waals surface area (Å²) in [5, 5.41) is 4.10. The molecule has 0 radical (unpaired) electrons. The van der Waals surface area contributed by atoms with Crippen LogP contribution in [0, 0.1) is 5.92 Å². The molecule has 2 aliphatic rings. The molecule has 0 aromatic heterocycles. The van der Waals surface area contributed by atoms with Crippen molar-refractivity contribution in [3.63, 3.8) is 0 Å². The van der Waals surface area contributed by atoms with Crippen LogP contribution in [0.25, 0.3) is 0 Å². The Morgan fingerprint density at radius 1 is 1.39 bits per heavy atom. The van der Waals surface area contributed by atoms with Gasteiger partial charge >= 0.3 is 0 Å². The Bertz CT molecular complexity index is 486. The molecule has 1 amide bonds. The van der Waals surface area contributed by atoms with Crippen molar-refractivity contribution in [2.75, 3.05) is 0 Å². The SMILES string of the molecule is NC(=O)C1SN=NC1(Cc1ccccc1)C1CC1. The van der Waals surface area contributed by atoms with Crippen LogP contribution in [0.4, 0.5) is 0 Å². The lowest BCUT2D eigenvalue weighted by Gasteiger charge is -2.29. The lowest BCUT2D eigenvalue weighted by Crippen LogP contribution is -2.47. The second-order valence-electron chi connectivity index (χ2n) is 5.00. The average Bonchev–Trinajstić information content (AvgIpc) is 3.13. The van der Waals surface area contributed by atoms with Gasteiger partial charge in [-0.05, 0) is 24.3 Å². The molecule has 5 heteroatoms. The van der Waals surface area contributed by atoms with Gasteiger partial charge in [-0.25, -0.2) is 0 Å². The van der Waals surface area contributed by atoms with Crippen LogP contribution in [-0.4, -0.2) is 16.7 Å². The van der Waals surface area contributed by atoms with Crippen LogP contribution < -0.4 is 5.73 Å². The fraction of sp³-hybridized carbons (Fsp3) is 0.462. The third kappa shape index (κ3) is 1.92. The molecular formula is C13H15N3OS. The zero-order chi connectivity index (χ0) is 12.6. The summed E-state index contributed by atoms with van der Waals surface area (Å²) >= 11 is 1.23. The van der Waals surface area contributed by atoms with Crippen molar-refractivity contribution in [3.05, 3.63) is 35.9 Å². The average molecular weight is 261 g/mol.